The minimum atomic E-state index is -1.75. The van der Waals surface area contributed by atoms with E-state index in [1.807, 2.05) is 6.92 Å². The normalized spacial score (nSPS) is 57.2. The van der Waals surface area contributed by atoms with Gasteiger partial charge in [-0.25, -0.2) is 0 Å². The zero-order valence-electron chi connectivity index (χ0n) is 33.1. The Kier molecular flexibility index (Phi) is 10.5. The van der Waals surface area contributed by atoms with Gasteiger partial charge in [-0.05, 0) is 92.1 Å². The molecule has 1 saturated carbocycles. The molecule has 0 aromatic heterocycles. The predicted molar refractivity (Wildman–Crippen MR) is 194 cm³/mol. The molecule has 16 nitrogen and oxygen atoms in total. The molecule has 5 heterocycles. The maximum atomic E-state index is 11.9. The van der Waals surface area contributed by atoms with Crippen LogP contribution in [0.25, 0.3) is 0 Å². The Morgan fingerprint density at radius 1 is 0.789 bits per heavy atom. The molecule has 0 spiro atoms. The van der Waals surface area contributed by atoms with E-state index in [-0.39, 0.29) is 40.6 Å². The lowest BCUT2D eigenvalue weighted by molar-refractivity contribution is -0.373. The Balaban J connectivity index is 0.903. The van der Waals surface area contributed by atoms with Crippen LogP contribution < -0.4 is 0 Å². The van der Waals surface area contributed by atoms with E-state index >= 15 is 0 Å². The quantitative estimate of drug-likeness (QED) is 0.157. The lowest BCUT2D eigenvalue weighted by Crippen LogP contribution is -2.65. The van der Waals surface area contributed by atoms with E-state index in [4.69, 9.17) is 33.2 Å². The van der Waals surface area contributed by atoms with Crippen molar-refractivity contribution >= 4 is 0 Å². The van der Waals surface area contributed by atoms with Crippen LogP contribution in [0.4, 0.5) is 0 Å². The second-order valence-corrected chi connectivity index (χ2v) is 19.1. The summed E-state index contributed by atoms with van der Waals surface area (Å²) in [5.74, 6) is -1.37. The molecule has 0 aromatic rings. The zero-order chi connectivity index (χ0) is 40.6. The number of rotatable bonds is 7. The molecule has 16 heteroatoms. The minimum Gasteiger partial charge on any atom is -0.394 e. The Hall–Kier alpha value is -1.16. The van der Waals surface area contributed by atoms with E-state index in [2.05, 4.69) is 19.9 Å². The number of ether oxygens (including phenoxy) is 7. The fraction of sp³-hybridized carbons (Fsp3) is 0.902. The number of hydrogen-bond donors (Lipinski definition) is 9. The van der Waals surface area contributed by atoms with Gasteiger partial charge in [0.2, 0.25) is 0 Å². The van der Waals surface area contributed by atoms with E-state index in [1.54, 1.807) is 6.92 Å². The van der Waals surface area contributed by atoms with Crippen LogP contribution in [0.2, 0.25) is 0 Å². The molecule has 5 aliphatic heterocycles. The van der Waals surface area contributed by atoms with Gasteiger partial charge in [-0.3, -0.25) is 0 Å². The first kappa shape index (κ1) is 41.2. The van der Waals surface area contributed by atoms with Gasteiger partial charge in [0.1, 0.15) is 54.9 Å². The summed E-state index contributed by atoms with van der Waals surface area (Å²) in [6.07, 6.45) is -8.53. The Bertz CT molecular complexity index is 1610. The molecule has 9 rings (SSSR count). The fourth-order valence-corrected chi connectivity index (χ4v) is 12.9. The first-order valence-corrected chi connectivity index (χ1v) is 21.1. The first-order chi connectivity index (χ1) is 27.0. The highest BCUT2D eigenvalue weighted by atomic mass is 16.8. The van der Waals surface area contributed by atoms with Crippen molar-refractivity contribution in [2.24, 2.45) is 34.5 Å². The van der Waals surface area contributed by atoms with Gasteiger partial charge in [0.25, 0.3) is 0 Å². The highest BCUT2D eigenvalue weighted by Gasteiger charge is 2.75. The van der Waals surface area contributed by atoms with Gasteiger partial charge in [-0.2, -0.15) is 0 Å². The van der Waals surface area contributed by atoms with Crippen LogP contribution in [0.5, 0.6) is 0 Å². The third-order valence-electron chi connectivity index (χ3n) is 16.4. The molecule has 4 aliphatic carbocycles. The number of fused-ring (bicyclic) bond motifs is 7. The lowest BCUT2D eigenvalue weighted by atomic mass is 9.51. The van der Waals surface area contributed by atoms with Crippen LogP contribution in [0.15, 0.2) is 22.8 Å². The second-order valence-electron chi connectivity index (χ2n) is 19.1. The molecule has 1 unspecified atom stereocenters. The van der Waals surface area contributed by atoms with Crippen LogP contribution >= 0.6 is 0 Å². The molecular weight excluding hydrogens is 748 g/mol. The summed E-state index contributed by atoms with van der Waals surface area (Å²) in [6.45, 7) is 7.50. The summed E-state index contributed by atoms with van der Waals surface area (Å²) in [4.78, 5) is 0. The van der Waals surface area contributed by atoms with E-state index < -0.39 is 105 Å². The van der Waals surface area contributed by atoms with Crippen molar-refractivity contribution in [3.8, 4) is 0 Å². The van der Waals surface area contributed by atoms with Gasteiger partial charge in [-0.1, -0.05) is 32.4 Å². The molecule has 57 heavy (non-hydrogen) atoms. The highest BCUT2D eigenvalue weighted by Crippen LogP contribution is 2.67. The van der Waals surface area contributed by atoms with Crippen molar-refractivity contribution in [1.29, 1.82) is 0 Å². The number of allylic oxidation sites excluding steroid dienone is 4. The summed E-state index contributed by atoms with van der Waals surface area (Å²) in [5.41, 5.74) is 2.63. The summed E-state index contributed by atoms with van der Waals surface area (Å²) in [6, 6.07) is 0. The van der Waals surface area contributed by atoms with Gasteiger partial charge in [0, 0.05) is 11.8 Å². The predicted octanol–water partition coefficient (Wildman–Crippen LogP) is -0.515. The average Bonchev–Trinajstić information content (AvgIpc) is 3.83. The van der Waals surface area contributed by atoms with Crippen LogP contribution in [-0.4, -0.2) is 163 Å². The third kappa shape index (κ3) is 5.92. The Morgan fingerprint density at radius 2 is 1.49 bits per heavy atom. The second kappa shape index (κ2) is 14.5. The number of aliphatic hydroxyl groups excluding tert-OH is 8. The monoisotopic (exact) mass is 810 g/mol. The Labute approximate surface area is 332 Å². The first-order valence-electron chi connectivity index (χ1n) is 21.1. The van der Waals surface area contributed by atoms with Crippen LogP contribution in [0.3, 0.4) is 0 Å². The Morgan fingerprint density at radius 3 is 2.21 bits per heavy atom. The molecule has 9 aliphatic rings. The summed E-state index contributed by atoms with van der Waals surface area (Å²) in [5, 5.41) is 96.1. The lowest BCUT2D eigenvalue weighted by Gasteiger charge is -2.54. The molecule has 322 valence electrons. The fourth-order valence-electron chi connectivity index (χ4n) is 12.9. The molecular formula is C41H62O16. The van der Waals surface area contributed by atoms with Crippen molar-refractivity contribution in [3.63, 3.8) is 0 Å². The van der Waals surface area contributed by atoms with Crippen LogP contribution in [0.1, 0.15) is 79.1 Å². The van der Waals surface area contributed by atoms with Gasteiger partial charge in [-0.15, -0.1) is 0 Å². The van der Waals surface area contributed by atoms with Crippen molar-refractivity contribution in [1.82, 2.24) is 0 Å². The van der Waals surface area contributed by atoms with Gasteiger partial charge >= 0.3 is 0 Å². The number of hydrogen-bond acceptors (Lipinski definition) is 16. The standard InChI is InChI=1S/C41H62O16/c1-17-16-51-40(4)41(17,50)34-32(57-40)26(35(49)56-34)23-8-7-21-20-6-5-18-13-19(9-11-38(18,2)22(20)10-12-39(21,23)3)52-37-33(30(47)28(45)25(15-43)54-37)55-36-31(48)29(46)27(44)24(14-42)53-36/h7,17-19,23-37,42-50H,5-6,8-16H2,1-4H3/t17-,18-,19-,23+,24+,25+,26-,27-,28+,29-,30-,31+,32+,33+,34+,35-,36-,37+,38-,39-,40-,41?/m0/s1. The summed E-state index contributed by atoms with van der Waals surface area (Å²) in [7, 11) is 0. The van der Waals surface area contributed by atoms with E-state index in [1.165, 1.54) is 16.7 Å². The summed E-state index contributed by atoms with van der Waals surface area (Å²) < 4.78 is 42.7. The molecule has 6 fully saturated rings. The maximum absolute atomic E-state index is 11.9. The zero-order valence-corrected chi connectivity index (χ0v) is 33.1. The van der Waals surface area contributed by atoms with Crippen LogP contribution in [0, 0.1) is 34.5 Å². The van der Waals surface area contributed by atoms with Crippen molar-refractivity contribution in [3.05, 3.63) is 22.8 Å². The molecule has 5 saturated heterocycles. The smallest absolute Gasteiger partial charge is 0.197 e. The molecule has 0 aromatic carbocycles. The van der Waals surface area contributed by atoms with Gasteiger partial charge in [0.15, 0.2) is 30.3 Å². The minimum absolute atomic E-state index is 0.0628. The molecule has 0 bridgehead atoms. The summed E-state index contributed by atoms with van der Waals surface area (Å²) >= 11 is 0. The average molecular weight is 811 g/mol. The van der Waals surface area contributed by atoms with Gasteiger partial charge in [0.05, 0.1) is 32.0 Å². The molecule has 9 N–H and O–H groups in total. The molecule has 22 atom stereocenters. The third-order valence-corrected chi connectivity index (χ3v) is 16.4. The maximum Gasteiger partial charge on any atom is 0.197 e. The highest BCUT2D eigenvalue weighted by molar-refractivity contribution is 5.50. The molecule has 0 radical (unpaired) electrons. The van der Waals surface area contributed by atoms with Crippen molar-refractivity contribution in [2.75, 3.05) is 19.8 Å². The van der Waals surface area contributed by atoms with E-state index in [0.717, 1.165) is 38.5 Å². The topological polar surface area (TPSA) is 247 Å². The molecule has 0 amide bonds. The van der Waals surface area contributed by atoms with Crippen molar-refractivity contribution < 1.29 is 79.1 Å². The van der Waals surface area contributed by atoms with E-state index in [0.29, 0.717) is 19.4 Å². The number of aliphatic hydroxyl groups is 9. The van der Waals surface area contributed by atoms with Gasteiger partial charge < -0.3 is 79.1 Å². The van der Waals surface area contributed by atoms with Crippen molar-refractivity contribution in [2.45, 2.75) is 176 Å². The SMILES string of the molecule is C[C@H]1CO[C@@]2(C)O[C@@H]3[C@H]([C@H]4CC=C5C6=C(CC[C@@]54C)[C@@]4(C)CC[C@H](O[C@@H]5O[C@H](CO)[C@@H](O)[C@H](O)[C@H]5O[C@@H]5O[C@H](CO)[C@H](O)[C@H](O)[C@H]5O)C[C@@H]4CC6)[C@@H](O)O[C@H]3C12O. The largest absolute Gasteiger partial charge is 0.394 e. The van der Waals surface area contributed by atoms with Crippen LogP contribution in [-0.2, 0) is 33.2 Å². The van der Waals surface area contributed by atoms with E-state index in [9.17, 15) is 46.0 Å².